The van der Waals surface area contributed by atoms with Crippen molar-refractivity contribution in [1.82, 2.24) is 34.0 Å². The predicted molar refractivity (Wildman–Crippen MR) is 124 cm³/mol. The Hall–Kier alpha value is -3.53. The molecule has 1 saturated heterocycles. The number of nitrogens with two attached hydrogens (primary N) is 1. The highest BCUT2D eigenvalue weighted by Gasteiger charge is 2.36. The van der Waals surface area contributed by atoms with Crippen molar-refractivity contribution < 1.29 is 9.90 Å². The van der Waals surface area contributed by atoms with Gasteiger partial charge in [0.15, 0.2) is 11.5 Å². The van der Waals surface area contributed by atoms with Gasteiger partial charge >= 0.3 is 0 Å². The number of carbonyl (C=O) groups excluding carboxylic acids is 1. The van der Waals surface area contributed by atoms with Crippen molar-refractivity contribution >= 4 is 33.9 Å². The minimum Gasteiger partial charge on any atom is -0.389 e. The molecule has 1 amide bonds. The molecule has 33 heavy (non-hydrogen) atoms. The Balaban J connectivity index is 1.26. The number of carbonyl (C=O) groups is 1. The van der Waals surface area contributed by atoms with Crippen LogP contribution in [0.3, 0.4) is 0 Å². The molecule has 1 aromatic carbocycles. The van der Waals surface area contributed by atoms with Crippen molar-refractivity contribution in [2.45, 2.75) is 51.3 Å². The SMILES string of the molecule is CC(C)c1nc2ccccc2n1CCCC(=O)N1C[C@@H](O)[C@H](n2cnc3c(N)ncnc32)C1. The second-order valence-electron chi connectivity index (χ2n) is 8.88. The number of anilines is 1. The van der Waals surface area contributed by atoms with E-state index in [1.165, 1.54) is 6.33 Å². The highest BCUT2D eigenvalue weighted by molar-refractivity contribution is 5.81. The molecule has 4 aromatic rings. The van der Waals surface area contributed by atoms with Gasteiger partial charge in [-0.15, -0.1) is 0 Å². The Kier molecular flexibility index (Phi) is 5.45. The minimum absolute atomic E-state index is 0.0330. The van der Waals surface area contributed by atoms with Crippen LogP contribution < -0.4 is 5.73 Å². The largest absolute Gasteiger partial charge is 0.389 e. The van der Waals surface area contributed by atoms with E-state index < -0.39 is 6.10 Å². The van der Waals surface area contributed by atoms with Crippen LogP contribution in [0.5, 0.6) is 0 Å². The lowest BCUT2D eigenvalue weighted by Gasteiger charge is -2.17. The van der Waals surface area contributed by atoms with E-state index in [-0.39, 0.29) is 18.5 Å². The predicted octanol–water partition coefficient (Wildman–Crippen LogP) is 2.11. The number of benzene rings is 1. The normalized spacial score (nSPS) is 18.7. The smallest absolute Gasteiger partial charge is 0.222 e. The zero-order chi connectivity index (χ0) is 23.1. The van der Waals surface area contributed by atoms with E-state index in [0.717, 1.165) is 23.4 Å². The van der Waals surface area contributed by atoms with Gasteiger partial charge in [0.2, 0.25) is 5.91 Å². The molecule has 0 unspecified atom stereocenters. The zero-order valence-corrected chi connectivity index (χ0v) is 18.8. The molecule has 172 valence electrons. The average molecular weight is 449 g/mol. The molecular formula is C23H28N8O2. The van der Waals surface area contributed by atoms with Crippen LogP contribution in [-0.4, -0.2) is 64.2 Å². The number of aromatic nitrogens is 6. The van der Waals surface area contributed by atoms with Gasteiger partial charge in [0.05, 0.1) is 29.5 Å². The number of nitrogen functional groups attached to an aromatic ring is 1. The topological polar surface area (TPSA) is 128 Å². The van der Waals surface area contributed by atoms with E-state index in [1.807, 2.05) is 18.2 Å². The van der Waals surface area contributed by atoms with E-state index in [1.54, 1.807) is 15.8 Å². The number of aryl methyl sites for hydroxylation is 1. The van der Waals surface area contributed by atoms with E-state index in [2.05, 4.69) is 39.4 Å². The van der Waals surface area contributed by atoms with Gasteiger partial charge < -0.3 is 24.9 Å². The lowest BCUT2D eigenvalue weighted by Crippen LogP contribution is -2.29. The van der Waals surface area contributed by atoms with Gasteiger partial charge in [-0.1, -0.05) is 26.0 Å². The van der Waals surface area contributed by atoms with Crippen LogP contribution in [0, 0.1) is 0 Å². The molecule has 10 nitrogen and oxygen atoms in total. The molecule has 0 aliphatic carbocycles. The third kappa shape index (κ3) is 3.80. The number of para-hydroxylation sites is 2. The van der Waals surface area contributed by atoms with Gasteiger partial charge in [0.25, 0.3) is 0 Å². The molecule has 4 heterocycles. The lowest BCUT2D eigenvalue weighted by atomic mass is 10.2. The summed E-state index contributed by atoms with van der Waals surface area (Å²) in [5, 5.41) is 10.7. The van der Waals surface area contributed by atoms with Crippen LogP contribution in [0.25, 0.3) is 22.2 Å². The third-order valence-corrected chi connectivity index (χ3v) is 6.33. The number of fused-ring (bicyclic) bond motifs is 2. The van der Waals surface area contributed by atoms with Crippen LogP contribution in [0.1, 0.15) is 44.5 Å². The highest BCUT2D eigenvalue weighted by atomic mass is 16.3. The summed E-state index contributed by atoms with van der Waals surface area (Å²) in [5.74, 6) is 1.66. The number of nitrogens with zero attached hydrogens (tertiary/aromatic N) is 7. The molecule has 5 rings (SSSR count). The molecule has 2 atom stereocenters. The number of aliphatic hydroxyl groups excluding tert-OH is 1. The first-order valence-corrected chi connectivity index (χ1v) is 11.3. The molecule has 3 aromatic heterocycles. The Morgan fingerprint density at radius 1 is 1.21 bits per heavy atom. The summed E-state index contributed by atoms with van der Waals surface area (Å²) in [6.45, 7) is 5.68. The fraction of sp³-hybridized carbons (Fsp3) is 0.435. The van der Waals surface area contributed by atoms with E-state index in [0.29, 0.717) is 42.3 Å². The van der Waals surface area contributed by atoms with Crippen molar-refractivity contribution in [3.05, 3.63) is 42.7 Å². The van der Waals surface area contributed by atoms with E-state index >= 15 is 0 Å². The molecule has 1 aliphatic heterocycles. The number of β-amino-alcohol motifs (C(OH)–C–C–N with tert-alkyl or cyclic N) is 1. The van der Waals surface area contributed by atoms with Gasteiger partial charge in [-0.3, -0.25) is 4.79 Å². The lowest BCUT2D eigenvalue weighted by molar-refractivity contribution is -0.130. The Labute approximate surface area is 191 Å². The Morgan fingerprint density at radius 2 is 2.03 bits per heavy atom. The van der Waals surface area contributed by atoms with Crippen molar-refractivity contribution in [2.75, 3.05) is 18.8 Å². The fourth-order valence-electron chi connectivity index (χ4n) is 4.68. The number of likely N-dealkylation sites (tertiary alicyclic amines) is 1. The molecule has 3 N–H and O–H groups in total. The molecule has 10 heteroatoms. The standard InChI is InChI=1S/C23H28N8O2/c1-14(2)22-28-15-6-3-4-7-16(15)30(22)9-5-8-19(33)29-10-17(18(32)11-29)31-13-27-20-21(24)25-12-26-23(20)31/h3-4,6-7,12-14,17-18,32H,5,8-11H2,1-2H3,(H2,24,25,26)/t17-,18-/m1/s1. The summed E-state index contributed by atoms with van der Waals surface area (Å²) in [4.78, 5) is 32.0. The number of imidazole rings is 2. The summed E-state index contributed by atoms with van der Waals surface area (Å²) in [5.41, 5.74) is 9.02. The van der Waals surface area contributed by atoms with Crippen molar-refractivity contribution in [2.24, 2.45) is 0 Å². The van der Waals surface area contributed by atoms with Crippen molar-refractivity contribution in [1.29, 1.82) is 0 Å². The zero-order valence-electron chi connectivity index (χ0n) is 18.8. The van der Waals surface area contributed by atoms with E-state index in [4.69, 9.17) is 10.7 Å². The number of aliphatic hydroxyl groups is 1. The molecular weight excluding hydrogens is 420 g/mol. The monoisotopic (exact) mass is 448 g/mol. The first-order chi connectivity index (χ1) is 15.9. The van der Waals surface area contributed by atoms with Crippen LogP contribution >= 0.6 is 0 Å². The maximum Gasteiger partial charge on any atom is 0.222 e. The highest BCUT2D eigenvalue weighted by Crippen LogP contribution is 2.27. The third-order valence-electron chi connectivity index (χ3n) is 6.33. The number of hydrogen-bond donors (Lipinski definition) is 2. The molecule has 1 fully saturated rings. The van der Waals surface area contributed by atoms with Crippen molar-refractivity contribution in [3.8, 4) is 0 Å². The molecule has 0 spiro atoms. The maximum absolute atomic E-state index is 13.0. The summed E-state index contributed by atoms with van der Waals surface area (Å²) in [6, 6.07) is 7.78. The van der Waals surface area contributed by atoms with Gasteiger partial charge in [-0.2, -0.15) is 0 Å². The summed E-state index contributed by atoms with van der Waals surface area (Å²) >= 11 is 0. The quantitative estimate of drug-likeness (QED) is 0.462. The van der Waals surface area contributed by atoms with Crippen LogP contribution in [0.4, 0.5) is 5.82 Å². The maximum atomic E-state index is 13.0. The van der Waals surface area contributed by atoms with Gasteiger partial charge in [-0.25, -0.2) is 19.9 Å². The first kappa shape index (κ1) is 21.3. The number of hydrogen-bond acceptors (Lipinski definition) is 7. The average Bonchev–Trinajstić information content (AvgIpc) is 3.49. The fourth-order valence-corrected chi connectivity index (χ4v) is 4.68. The van der Waals surface area contributed by atoms with Gasteiger partial charge in [0, 0.05) is 32.0 Å². The summed E-state index contributed by atoms with van der Waals surface area (Å²) < 4.78 is 4.01. The van der Waals surface area contributed by atoms with Crippen LogP contribution in [0.15, 0.2) is 36.9 Å². The minimum atomic E-state index is -0.701. The Bertz CT molecular complexity index is 1310. The summed E-state index contributed by atoms with van der Waals surface area (Å²) in [6.07, 6.45) is 3.39. The first-order valence-electron chi connectivity index (χ1n) is 11.3. The number of rotatable bonds is 6. The number of amides is 1. The molecule has 0 saturated carbocycles. The van der Waals surface area contributed by atoms with Crippen LogP contribution in [-0.2, 0) is 11.3 Å². The second kappa shape index (κ2) is 8.43. The second-order valence-corrected chi connectivity index (χ2v) is 8.88. The molecule has 0 radical (unpaired) electrons. The molecule has 0 bridgehead atoms. The van der Waals surface area contributed by atoms with E-state index in [9.17, 15) is 9.90 Å². The Morgan fingerprint density at radius 3 is 2.85 bits per heavy atom. The van der Waals surface area contributed by atoms with Crippen molar-refractivity contribution in [3.63, 3.8) is 0 Å². The van der Waals surface area contributed by atoms with Gasteiger partial charge in [0.1, 0.15) is 17.7 Å². The van der Waals surface area contributed by atoms with Gasteiger partial charge in [-0.05, 0) is 18.6 Å². The molecule has 1 aliphatic rings. The van der Waals surface area contributed by atoms with Crippen LogP contribution in [0.2, 0.25) is 0 Å². The summed E-state index contributed by atoms with van der Waals surface area (Å²) in [7, 11) is 0.